The van der Waals surface area contributed by atoms with Crippen molar-refractivity contribution in [3.63, 3.8) is 0 Å². The van der Waals surface area contributed by atoms with Crippen LogP contribution in [0, 0.1) is 0 Å². The summed E-state index contributed by atoms with van der Waals surface area (Å²) in [6.07, 6.45) is 0. The van der Waals surface area contributed by atoms with E-state index in [1.807, 2.05) is 31.2 Å². The van der Waals surface area contributed by atoms with E-state index in [1.165, 1.54) is 12.1 Å². The zero-order valence-electron chi connectivity index (χ0n) is 16.1. The fourth-order valence-electron chi connectivity index (χ4n) is 2.78. The van der Waals surface area contributed by atoms with Crippen LogP contribution in [-0.4, -0.2) is 21.4 Å². The van der Waals surface area contributed by atoms with Gasteiger partial charge in [-0.25, -0.2) is 8.42 Å². The van der Waals surface area contributed by atoms with E-state index in [-0.39, 0.29) is 22.4 Å². The van der Waals surface area contributed by atoms with E-state index in [2.05, 4.69) is 10.0 Å². The normalized spacial score (nSPS) is 12.1. The number of methoxy groups -OCH3 is 1. The molecular weight excluding hydrogens is 388 g/mol. The molecule has 0 fully saturated rings. The molecule has 29 heavy (non-hydrogen) atoms. The van der Waals surface area contributed by atoms with Gasteiger partial charge in [0.1, 0.15) is 5.75 Å². The van der Waals surface area contributed by atoms with Gasteiger partial charge in [0.15, 0.2) is 0 Å². The highest BCUT2D eigenvalue weighted by Gasteiger charge is 2.17. The fraction of sp³-hybridized carbons (Fsp3) is 0.136. The molecule has 1 atom stereocenters. The molecule has 0 saturated heterocycles. The maximum atomic E-state index is 12.6. The second-order valence-electron chi connectivity index (χ2n) is 6.47. The van der Waals surface area contributed by atoms with Crippen molar-refractivity contribution in [2.75, 3.05) is 11.8 Å². The van der Waals surface area contributed by atoms with Crippen LogP contribution in [0.2, 0.25) is 0 Å². The Bertz CT molecular complexity index is 1080. The van der Waals surface area contributed by atoms with Crippen molar-refractivity contribution >= 4 is 21.6 Å². The zero-order chi connectivity index (χ0) is 20.9. The van der Waals surface area contributed by atoms with Gasteiger partial charge in [-0.3, -0.25) is 9.52 Å². The van der Waals surface area contributed by atoms with Gasteiger partial charge in [0.05, 0.1) is 18.0 Å². The molecule has 2 N–H and O–H groups in total. The first kappa shape index (κ1) is 20.4. The van der Waals surface area contributed by atoms with Gasteiger partial charge >= 0.3 is 0 Å². The number of nitrogens with one attached hydrogen (secondary N) is 2. The Kier molecular flexibility index (Phi) is 6.19. The summed E-state index contributed by atoms with van der Waals surface area (Å²) in [6.45, 7) is 1.86. The predicted octanol–water partition coefficient (Wildman–Crippen LogP) is 3.99. The van der Waals surface area contributed by atoms with Gasteiger partial charge in [0.25, 0.3) is 15.9 Å². The van der Waals surface area contributed by atoms with Crippen molar-refractivity contribution in [2.24, 2.45) is 0 Å². The first-order chi connectivity index (χ1) is 13.9. The molecule has 0 spiro atoms. The van der Waals surface area contributed by atoms with E-state index in [0.29, 0.717) is 5.69 Å². The van der Waals surface area contributed by atoms with Crippen LogP contribution in [0.15, 0.2) is 83.8 Å². The number of amides is 1. The molecule has 3 rings (SSSR count). The molecule has 0 aliphatic rings. The molecule has 0 aliphatic carbocycles. The largest absolute Gasteiger partial charge is 0.497 e. The summed E-state index contributed by atoms with van der Waals surface area (Å²) < 4.78 is 32.9. The van der Waals surface area contributed by atoms with E-state index in [1.54, 1.807) is 49.6 Å². The van der Waals surface area contributed by atoms with Crippen molar-refractivity contribution in [3.05, 3.63) is 90.0 Å². The third-order valence-corrected chi connectivity index (χ3v) is 5.77. The molecule has 0 radical (unpaired) electrons. The number of hydrogen-bond donors (Lipinski definition) is 2. The topological polar surface area (TPSA) is 84.5 Å². The summed E-state index contributed by atoms with van der Waals surface area (Å²) >= 11 is 0. The van der Waals surface area contributed by atoms with Gasteiger partial charge in [0, 0.05) is 11.3 Å². The van der Waals surface area contributed by atoms with Gasteiger partial charge in [-0.1, -0.05) is 36.4 Å². The first-order valence-corrected chi connectivity index (χ1v) is 10.5. The molecule has 0 saturated carbocycles. The van der Waals surface area contributed by atoms with E-state index in [9.17, 15) is 13.2 Å². The van der Waals surface area contributed by atoms with Crippen LogP contribution in [-0.2, 0) is 10.0 Å². The lowest BCUT2D eigenvalue weighted by Crippen LogP contribution is -2.27. The van der Waals surface area contributed by atoms with E-state index in [0.717, 1.165) is 11.3 Å². The summed E-state index contributed by atoms with van der Waals surface area (Å²) in [5, 5.41) is 2.88. The molecule has 3 aromatic carbocycles. The molecule has 1 amide bonds. The average molecular weight is 410 g/mol. The van der Waals surface area contributed by atoms with Crippen LogP contribution in [0.4, 0.5) is 5.69 Å². The third kappa shape index (κ3) is 5.14. The van der Waals surface area contributed by atoms with Gasteiger partial charge in [-0.2, -0.15) is 0 Å². The Morgan fingerprint density at radius 1 is 0.931 bits per heavy atom. The van der Waals surface area contributed by atoms with Gasteiger partial charge in [-0.15, -0.1) is 0 Å². The second-order valence-corrected chi connectivity index (χ2v) is 8.15. The number of ether oxygens (including phenoxy) is 1. The number of para-hydroxylation sites is 1. The molecule has 0 bridgehead atoms. The zero-order valence-corrected chi connectivity index (χ0v) is 16.9. The fourth-order valence-corrected chi connectivity index (χ4v) is 3.88. The SMILES string of the molecule is COc1ccc([C@H](C)NC(=O)c2cccc(S(=O)(=O)Nc3ccccc3)c2)cc1. The van der Waals surface area contributed by atoms with Crippen LogP contribution < -0.4 is 14.8 Å². The third-order valence-electron chi connectivity index (χ3n) is 4.40. The summed E-state index contributed by atoms with van der Waals surface area (Å²) in [6, 6.07) is 21.7. The van der Waals surface area contributed by atoms with Crippen LogP contribution in [0.3, 0.4) is 0 Å². The molecule has 0 unspecified atom stereocenters. The standard InChI is InChI=1S/C22H22N2O4S/c1-16(17-11-13-20(28-2)14-12-17)23-22(25)18-7-6-10-21(15-18)29(26,27)24-19-8-4-3-5-9-19/h3-16,24H,1-2H3,(H,23,25)/t16-/m0/s1. The summed E-state index contributed by atoms with van der Waals surface area (Å²) in [5.74, 6) is 0.376. The molecule has 6 nitrogen and oxygen atoms in total. The Balaban J connectivity index is 1.74. The Morgan fingerprint density at radius 3 is 2.28 bits per heavy atom. The predicted molar refractivity (Wildman–Crippen MR) is 113 cm³/mol. The van der Waals surface area contributed by atoms with Crippen LogP contribution in [0.25, 0.3) is 0 Å². The number of benzene rings is 3. The minimum atomic E-state index is -3.80. The van der Waals surface area contributed by atoms with E-state index in [4.69, 9.17) is 4.74 Å². The number of rotatable bonds is 7. The number of carbonyl (C=O) groups is 1. The Hall–Kier alpha value is -3.32. The van der Waals surface area contributed by atoms with Crippen molar-refractivity contribution in [1.82, 2.24) is 5.32 Å². The van der Waals surface area contributed by atoms with Crippen LogP contribution in [0.1, 0.15) is 28.9 Å². The van der Waals surface area contributed by atoms with Crippen LogP contribution >= 0.6 is 0 Å². The minimum absolute atomic E-state index is 0.0195. The molecule has 7 heteroatoms. The van der Waals surface area contributed by atoms with Crippen molar-refractivity contribution in [3.8, 4) is 5.75 Å². The highest BCUT2D eigenvalue weighted by atomic mass is 32.2. The highest BCUT2D eigenvalue weighted by Crippen LogP contribution is 2.20. The maximum absolute atomic E-state index is 12.6. The molecule has 0 aromatic heterocycles. The number of sulfonamides is 1. The quantitative estimate of drug-likeness (QED) is 0.617. The lowest BCUT2D eigenvalue weighted by molar-refractivity contribution is 0.0939. The molecular formula is C22H22N2O4S. The summed E-state index contributed by atoms with van der Waals surface area (Å²) in [5.41, 5.74) is 1.63. The second kappa shape index (κ2) is 8.79. The van der Waals surface area contributed by atoms with Crippen molar-refractivity contribution < 1.29 is 17.9 Å². The highest BCUT2D eigenvalue weighted by molar-refractivity contribution is 7.92. The molecule has 0 heterocycles. The molecule has 3 aromatic rings. The molecule has 150 valence electrons. The first-order valence-electron chi connectivity index (χ1n) is 9.02. The number of anilines is 1. The minimum Gasteiger partial charge on any atom is -0.497 e. The van der Waals surface area contributed by atoms with E-state index >= 15 is 0 Å². The number of hydrogen-bond acceptors (Lipinski definition) is 4. The smallest absolute Gasteiger partial charge is 0.261 e. The molecule has 0 aliphatic heterocycles. The maximum Gasteiger partial charge on any atom is 0.261 e. The monoisotopic (exact) mass is 410 g/mol. The van der Waals surface area contributed by atoms with Crippen molar-refractivity contribution in [1.29, 1.82) is 0 Å². The lowest BCUT2D eigenvalue weighted by Gasteiger charge is -2.15. The van der Waals surface area contributed by atoms with Gasteiger partial charge in [0.2, 0.25) is 0 Å². The summed E-state index contributed by atoms with van der Waals surface area (Å²) in [4.78, 5) is 12.7. The van der Waals surface area contributed by atoms with Gasteiger partial charge in [-0.05, 0) is 55.0 Å². The van der Waals surface area contributed by atoms with Gasteiger partial charge < -0.3 is 10.1 Å². The Labute approximate surface area is 170 Å². The van der Waals surface area contributed by atoms with E-state index < -0.39 is 10.0 Å². The average Bonchev–Trinajstić information content (AvgIpc) is 2.74. The Morgan fingerprint density at radius 2 is 1.62 bits per heavy atom. The number of carbonyl (C=O) groups excluding carboxylic acids is 1. The van der Waals surface area contributed by atoms with Crippen LogP contribution in [0.5, 0.6) is 5.75 Å². The summed E-state index contributed by atoms with van der Waals surface area (Å²) in [7, 11) is -2.21. The van der Waals surface area contributed by atoms with Crippen molar-refractivity contribution in [2.45, 2.75) is 17.9 Å². The lowest BCUT2D eigenvalue weighted by atomic mass is 10.1.